The minimum Gasteiger partial charge on any atom is -0.477 e. The van der Waals surface area contributed by atoms with Crippen LogP contribution < -0.4 is 5.32 Å². The summed E-state index contributed by atoms with van der Waals surface area (Å²) < 4.78 is 0. The zero-order valence-electron chi connectivity index (χ0n) is 8.71. The van der Waals surface area contributed by atoms with E-state index in [1.54, 1.807) is 29.6 Å². The standard InChI is InChI=1S/C12H9NO3S/c14-11(13-8-4-2-1-3-5-8)9-6-7-17-10(9)12(15)16/h1-7H,(H,13,14)(H,15,16). The van der Waals surface area contributed by atoms with Crippen LogP contribution in [0.4, 0.5) is 5.69 Å². The number of carboxylic acid groups (broad SMARTS) is 1. The number of aromatic carboxylic acids is 1. The van der Waals surface area contributed by atoms with Crippen LogP contribution in [0.1, 0.15) is 20.0 Å². The van der Waals surface area contributed by atoms with Gasteiger partial charge in [-0.1, -0.05) is 18.2 Å². The Hall–Kier alpha value is -2.14. The highest BCUT2D eigenvalue weighted by molar-refractivity contribution is 7.12. The van der Waals surface area contributed by atoms with Gasteiger partial charge in [-0.2, -0.15) is 0 Å². The molecule has 0 spiro atoms. The molecule has 4 nitrogen and oxygen atoms in total. The van der Waals surface area contributed by atoms with Crippen LogP contribution >= 0.6 is 11.3 Å². The molecule has 0 atom stereocenters. The van der Waals surface area contributed by atoms with Gasteiger partial charge in [-0.3, -0.25) is 4.79 Å². The van der Waals surface area contributed by atoms with Gasteiger partial charge in [-0.15, -0.1) is 11.3 Å². The summed E-state index contributed by atoms with van der Waals surface area (Å²) >= 11 is 1.04. The fourth-order valence-electron chi connectivity index (χ4n) is 1.37. The lowest BCUT2D eigenvalue weighted by Crippen LogP contribution is -2.14. The Bertz CT molecular complexity index is 548. The van der Waals surface area contributed by atoms with Crippen LogP contribution in [0, 0.1) is 0 Å². The SMILES string of the molecule is O=C(Nc1ccccc1)c1ccsc1C(=O)O. The number of carbonyl (C=O) groups is 2. The molecule has 0 aliphatic heterocycles. The van der Waals surface area contributed by atoms with Crippen LogP contribution in [-0.2, 0) is 0 Å². The second-order valence-corrected chi connectivity index (χ2v) is 4.20. The minimum absolute atomic E-state index is 0.0541. The Balaban J connectivity index is 2.21. The topological polar surface area (TPSA) is 66.4 Å². The first-order valence-electron chi connectivity index (χ1n) is 4.85. The molecule has 1 heterocycles. The van der Waals surface area contributed by atoms with E-state index >= 15 is 0 Å². The molecule has 0 saturated heterocycles. The Morgan fingerprint density at radius 1 is 1.12 bits per heavy atom. The van der Waals surface area contributed by atoms with Gasteiger partial charge in [0.2, 0.25) is 0 Å². The molecular formula is C12H9NO3S. The van der Waals surface area contributed by atoms with Gasteiger partial charge in [-0.25, -0.2) is 4.79 Å². The molecule has 1 aromatic carbocycles. The number of anilines is 1. The average Bonchev–Trinajstić information content (AvgIpc) is 2.79. The van der Waals surface area contributed by atoms with Gasteiger partial charge in [0.25, 0.3) is 5.91 Å². The molecule has 17 heavy (non-hydrogen) atoms. The smallest absolute Gasteiger partial charge is 0.346 e. The van der Waals surface area contributed by atoms with Gasteiger partial charge in [0.1, 0.15) is 4.88 Å². The maximum atomic E-state index is 11.8. The zero-order chi connectivity index (χ0) is 12.3. The first kappa shape index (κ1) is 11.3. The molecule has 5 heteroatoms. The van der Waals surface area contributed by atoms with Crippen LogP contribution in [0.15, 0.2) is 41.8 Å². The molecular weight excluding hydrogens is 238 g/mol. The lowest BCUT2D eigenvalue weighted by molar-refractivity contribution is 0.0698. The lowest BCUT2D eigenvalue weighted by atomic mass is 10.2. The van der Waals surface area contributed by atoms with Crippen LogP contribution in [0.3, 0.4) is 0 Å². The summed E-state index contributed by atoms with van der Waals surface area (Å²) in [6.45, 7) is 0. The molecule has 0 unspecified atom stereocenters. The predicted octanol–water partition coefficient (Wildman–Crippen LogP) is 2.70. The van der Waals surface area contributed by atoms with Crippen LogP contribution in [-0.4, -0.2) is 17.0 Å². The average molecular weight is 247 g/mol. The second kappa shape index (κ2) is 4.80. The molecule has 0 saturated carbocycles. The summed E-state index contributed by atoms with van der Waals surface area (Å²) in [6.07, 6.45) is 0. The Labute approximate surface area is 102 Å². The van der Waals surface area contributed by atoms with Crippen molar-refractivity contribution in [3.63, 3.8) is 0 Å². The number of hydrogen-bond acceptors (Lipinski definition) is 3. The Morgan fingerprint density at radius 2 is 1.82 bits per heavy atom. The normalized spacial score (nSPS) is 9.88. The molecule has 0 aliphatic carbocycles. The van der Waals surface area contributed by atoms with Crippen molar-refractivity contribution in [1.29, 1.82) is 0 Å². The van der Waals surface area contributed by atoms with Crippen molar-refractivity contribution in [2.24, 2.45) is 0 Å². The van der Waals surface area contributed by atoms with Gasteiger partial charge in [-0.05, 0) is 23.6 Å². The summed E-state index contributed by atoms with van der Waals surface area (Å²) in [5.74, 6) is -1.49. The van der Waals surface area contributed by atoms with Crippen molar-refractivity contribution in [2.75, 3.05) is 5.32 Å². The molecule has 2 aromatic rings. The summed E-state index contributed by atoms with van der Waals surface area (Å²) in [4.78, 5) is 22.8. The maximum Gasteiger partial charge on any atom is 0.346 e. The monoisotopic (exact) mass is 247 g/mol. The third-order valence-electron chi connectivity index (χ3n) is 2.14. The third kappa shape index (κ3) is 2.51. The van der Waals surface area contributed by atoms with E-state index in [4.69, 9.17) is 5.11 Å². The molecule has 0 radical (unpaired) electrons. The number of rotatable bonds is 3. The highest BCUT2D eigenvalue weighted by Gasteiger charge is 2.17. The lowest BCUT2D eigenvalue weighted by Gasteiger charge is -2.03. The fraction of sp³-hybridized carbons (Fsp3) is 0. The second-order valence-electron chi connectivity index (χ2n) is 3.29. The van der Waals surface area contributed by atoms with Crippen molar-refractivity contribution in [2.45, 2.75) is 0 Å². The van der Waals surface area contributed by atoms with Gasteiger partial charge in [0.05, 0.1) is 5.56 Å². The molecule has 1 amide bonds. The van der Waals surface area contributed by atoms with Crippen molar-refractivity contribution in [3.05, 3.63) is 52.2 Å². The van der Waals surface area contributed by atoms with Crippen molar-refractivity contribution in [1.82, 2.24) is 0 Å². The molecule has 1 aromatic heterocycles. The van der Waals surface area contributed by atoms with Crippen molar-refractivity contribution < 1.29 is 14.7 Å². The largest absolute Gasteiger partial charge is 0.477 e. The van der Waals surface area contributed by atoms with Crippen LogP contribution in [0.25, 0.3) is 0 Å². The van der Waals surface area contributed by atoms with Gasteiger partial charge >= 0.3 is 5.97 Å². The number of carbonyl (C=O) groups excluding carboxylic acids is 1. The third-order valence-corrected chi connectivity index (χ3v) is 3.04. The molecule has 86 valence electrons. The number of amides is 1. The molecule has 0 bridgehead atoms. The van der Waals surface area contributed by atoms with E-state index in [-0.39, 0.29) is 10.4 Å². The summed E-state index contributed by atoms with van der Waals surface area (Å²) in [5.41, 5.74) is 0.825. The van der Waals surface area contributed by atoms with E-state index in [0.29, 0.717) is 5.69 Å². The molecule has 2 rings (SSSR count). The van der Waals surface area contributed by atoms with E-state index in [0.717, 1.165) is 11.3 Å². The highest BCUT2D eigenvalue weighted by Crippen LogP contribution is 2.18. The van der Waals surface area contributed by atoms with Crippen LogP contribution in [0.2, 0.25) is 0 Å². The Kier molecular flexibility index (Phi) is 3.20. The number of para-hydroxylation sites is 1. The Morgan fingerprint density at radius 3 is 2.47 bits per heavy atom. The molecule has 0 aliphatic rings. The molecule has 0 fully saturated rings. The van der Waals surface area contributed by atoms with Crippen molar-refractivity contribution >= 4 is 28.9 Å². The quantitative estimate of drug-likeness (QED) is 0.876. The maximum absolute atomic E-state index is 11.8. The van der Waals surface area contributed by atoms with Gasteiger partial charge in [0.15, 0.2) is 0 Å². The summed E-state index contributed by atoms with van der Waals surface area (Å²) in [6, 6.07) is 10.4. The highest BCUT2D eigenvalue weighted by atomic mass is 32.1. The van der Waals surface area contributed by atoms with E-state index < -0.39 is 11.9 Å². The van der Waals surface area contributed by atoms with Gasteiger partial charge in [0, 0.05) is 5.69 Å². The first-order chi connectivity index (χ1) is 8.18. The van der Waals surface area contributed by atoms with E-state index in [9.17, 15) is 9.59 Å². The number of thiophene rings is 1. The number of nitrogens with one attached hydrogen (secondary N) is 1. The predicted molar refractivity (Wildman–Crippen MR) is 65.7 cm³/mol. The number of hydrogen-bond donors (Lipinski definition) is 2. The van der Waals surface area contributed by atoms with Crippen molar-refractivity contribution in [3.8, 4) is 0 Å². The fourth-order valence-corrected chi connectivity index (χ4v) is 2.10. The first-order valence-corrected chi connectivity index (χ1v) is 5.73. The van der Waals surface area contributed by atoms with Gasteiger partial charge < -0.3 is 10.4 Å². The van der Waals surface area contributed by atoms with E-state index in [1.165, 1.54) is 6.07 Å². The summed E-state index contributed by atoms with van der Waals surface area (Å²) in [7, 11) is 0. The molecule has 2 N–H and O–H groups in total. The zero-order valence-corrected chi connectivity index (χ0v) is 9.53. The van der Waals surface area contributed by atoms with E-state index in [2.05, 4.69) is 5.32 Å². The van der Waals surface area contributed by atoms with E-state index in [1.807, 2.05) is 6.07 Å². The summed E-state index contributed by atoms with van der Waals surface area (Å²) in [5, 5.41) is 13.1. The minimum atomic E-state index is -1.08. The number of benzene rings is 1. The number of carboxylic acids is 1. The van der Waals surface area contributed by atoms with Crippen LogP contribution in [0.5, 0.6) is 0 Å².